The second-order valence-corrected chi connectivity index (χ2v) is 10.8. The molecular formula is C23H49N2O4S+. The van der Waals surface area contributed by atoms with Crippen molar-refractivity contribution in [3.63, 3.8) is 0 Å². The van der Waals surface area contributed by atoms with E-state index >= 15 is 0 Å². The summed E-state index contributed by atoms with van der Waals surface area (Å²) >= 11 is 0. The zero-order chi connectivity index (χ0) is 22.9. The first kappa shape index (κ1) is 29.3. The van der Waals surface area contributed by atoms with E-state index in [1.807, 2.05) is 0 Å². The number of hydrogen-bond acceptors (Lipinski definition) is 3. The smallest absolute Gasteiger partial charge is 0.319 e. The van der Waals surface area contributed by atoms with Crippen molar-refractivity contribution >= 4 is 16.0 Å². The molecule has 0 radical (unpaired) electrons. The predicted molar refractivity (Wildman–Crippen MR) is 126 cm³/mol. The molecule has 1 unspecified atom stereocenters. The summed E-state index contributed by atoms with van der Waals surface area (Å²) in [4.78, 5) is 11.9. The standard InChI is InChI=1S/C23H48N2O4S/c1-5-7-8-9-10-11-12-13-14-15-16-17-19-22(26)24-20-18-21-25(3,4)23(6-2)30(27,28)29/h23H,5-21H2,1-4H3,(H-,24,26,27,28,29)/p+1. The lowest BCUT2D eigenvalue weighted by Crippen LogP contribution is -2.53. The highest BCUT2D eigenvalue weighted by atomic mass is 32.2. The van der Waals surface area contributed by atoms with Crippen LogP contribution in [0.5, 0.6) is 0 Å². The van der Waals surface area contributed by atoms with Crippen LogP contribution in [0.25, 0.3) is 0 Å². The second-order valence-electron chi connectivity index (χ2n) is 9.22. The molecule has 0 aromatic rings. The number of rotatable bonds is 20. The molecule has 1 atom stereocenters. The number of hydrogen-bond donors (Lipinski definition) is 2. The number of nitrogens with one attached hydrogen (secondary N) is 1. The Morgan fingerprint density at radius 2 is 1.30 bits per heavy atom. The molecule has 0 heterocycles. The van der Waals surface area contributed by atoms with Crippen LogP contribution in [0.2, 0.25) is 0 Å². The molecule has 0 fully saturated rings. The Morgan fingerprint density at radius 3 is 1.73 bits per heavy atom. The van der Waals surface area contributed by atoms with Gasteiger partial charge in [0, 0.05) is 25.8 Å². The van der Waals surface area contributed by atoms with Gasteiger partial charge in [-0.2, -0.15) is 8.42 Å². The predicted octanol–water partition coefficient (Wildman–Crippen LogP) is 5.28. The average molecular weight is 450 g/mol. The Balaban J connectivity index is 3.64. The van der Waals surface area contributed by atoms with Crippen LogP contribution in [-0.4, -0.2) is 55.9 Å². The molecule has 0 saturated carbocycles. The molecular weight excluding hydrogens is 400 g/mol. The van der Waals surface area contributed by atoms with Gasteiger partial charge in [-0.1, -0.05) is 84.5 Å². The lowest BCUT2D eigenvalue weighted by Gasteiger charge is -2.35. The number of carbonyl (C=O) groups excluding carboxylic acids is 1. The fourth-order valence-corrected chi connectivity index (χ4v) is 5.39. The zero-order valence-corrected chi connectivity index (χ0v) is 20.9. The van der Waals surface area contributed by atoms with Crippen molar-refractivity contribution in [2.75, 3.05) is 27.2 Å². The van der Waals surface area contributed by atoms with E-state index < -0.39 is 15.5 Å². The summed E-state index contributed by atoms with van der Waals surface area (Å²) < 4.78 is 32.6. The van der Waals surface area contributed by atoms with Gasteiger partial charge < -0.3 is 9.80 Å². The van der Waals surface area contributed by atoms with Crippen molar-refractivity contribution in [1.29, 1.82) is 0 Å². The van der Waals surface area contributed by atoms with Crippen LogP contribution in [0.3, 0.4) is 0 Å². The second kappa shape index (κ2) is 17.0. The van der Waals surface area contributed by atoms with E-state index in [1.54, 1.807) is 21.0 Å². The summed E-state index contributed by atoms with van der Waals surface area (Å²) in [5.74, 6) is 0.0780. The van der Waals surface area contributed by atoms with E-state index in [4.69, 9.17) is 0 Å². The Bertz CT molecular complexity index is 535. The molecule has 7 heteroatoms. The van der Waals surface area contributed by atoms with Gasteiger partial charge in [-0.05, 0) is 6.42 Å². The molecule has 0 rings (SSSR count). The minimum absolute atomic E-state index is 0.0780. The average Bonchev–Trinajstić information content (AvgIpc) is 2.65. The monoisotopic (exact) mass is 449 g/mol. The van der Waals surface area contributed by atoms with Crippen LogP contribution in [0.1, 0.15) is 110 Å². The summed E-state index contributed by atoms with van der Waals surface area (Å²) in [6, 6.07) is 0. The maximum absolute atomic E-state index is 11.9. The van der Waals surface area contributed by atoms with Gasteiger partial charge in [0.15, 0.2) is 0 Å². The minimum atomic E-state index is -4.07. The van der Waals surface area contributed by atoms with Gasteiger partial charge in [0.05, 0.1) is 20.6 Å². The van der Waals surface area contributed by atoms with Crippen molar-refractivity contribution in [3.05, 3.63) is 0 Å². The fourth-order valence-electron chi connectivity index (χ4n) is 4.14. The summed E-state index contributed by atoms with van der Waals surface area (Å²) in [6.45, 7) is 5.13. The molecule has 0 bridgehead atoms. The molecule has 0 aliphatic heterocycles. The van der Waals surface area contributed by atoms with Gasteiger partial charge in [0.1, 0.15) is 0 Å². The lowest BCUT2D eigenvalue weighted by atomic mass is 10.0. The molecule has 0 aliphatic carbocycles. The number of unbranched alkanes of at least 4 members (excludes halogenated alkanes) is 11. The Kier molecular flexibility index (Phi) is 16.6. The van der Waals surface area contributed by atoms with Crippen LogP contribution in [-0.2, 0) is 14.9 Å². The highest BCUT2D eigenvalue weighted by molar-refractivity contribution is 7.86. The van der Waals surface area contributed by atoms with E-state index in [9.17, 15) is 17.8 Å². The van der Waals surface area contributed by atoms with Gasteiger partial charge in [-0.15, -0.1) is 0 Å². The van der Waals surface area contributed by atoms with Crippen LogP contribution >= 0.6 is 0 Å². The van der Waals surface area contributed by atoms with E-state index in [1.165, 1.54) is 64.2 Å². The summed E-state index contributed by atoms with van der Waals surface area (Å²) in [7, 11) is -0.468. The Labute approximate surface area is 186 Å². The first-order valence-corrected chi connectivity index (χ1v) is 13.7. The molecule has 0 saturated heterocycles. The Morgan fingerprint density at radius 1 is 0.833 bits per heavy atom. The quantitative estimate of drug-likeness (QED) is 0.150. The molecule has 30 heavy (non-hydrogen) atoms. The molecule has 0 aromatic heterocycles. The zero-order valence-electron chi connectivity index (χ0n) is 20.1. The minimum Gasteiger partial charge on any atom is -0.356 e. The number of carbonyl (C=O) groups is 1. The van der Waals surface area contributed by atoms with Crippen molar-refractivity contribution in [3.8, 4) is 0 Å². The van der Waals surface area contributed by atoms with Gasteiger partial charge in [-0.3, -0.25) is 9.35 Å². The summed E-state index contributed by atoms with van der Waals surface area (Å²) in [5, 5.41) is 2.10. The lowest BCUT2D eigenvalue weighted by molar-refractivity contribution is -0.901. The molecule has 0 aromatic carbocycles. The molecule has 2 N–H and O–H groups in total. The molecule has 0 spiro atoms. The van der Waals surface area contributed by atoms with E-state index in [0.29, 0.717) is 32.4 Å². The first-order chi connectivity index (χ1) is 14.1. The first-order valence-electron chi connectivity index (χ1n) is 12.2. The number of quaternary nitrogens is 1. The maximum atomic E-state index is 11.9. The normalized spacial score (nSPS) is 13.4. The van der Waals surface area contributed by atoms with E-state index in [0.717, 1.165) is 12.8 Å². The molecule has 6 nitrogen and oxygen atoms in total. The SMILES string of the molecule is CCCCCCCCCCCCCCC(=O)NCCC[N+](C)(C)C(CC)S(=O)(=O)O. The number of nitrogens with zero attached hydrogens (tertiary/aromatic N) is 1. The fraction of sp³-hybridized carbons (Fsp3) is 0.957. The van der Waals surface area contributed by atoms with Gasteiger partial charge >= 0.3 is 10.1 Å². The maximum Gasteiger partial charge on any atom is 0.319 e. The van der Waals surface area contributed by atoms with Gasteiger partial charge in [0.25, 0.3) is 0 Å². The van der Waals surface area contributed by atoms with Crippen LogP contribution < -0.4 is 5.32 Å². The molecule has 0 aliphatic rings. The van der Waals surface area contributed by atoms with Crippen molar-refractivity contribution < 1.29 is 22.2 Å². The van der Waals surface area contributed by atoms with Crippen molar-refractivity contribution in [2.45, 2.75) is 116 Å². The molecule has 1 amide bonds. The number of amides is 1. The Hall–Kier alpha value is -0.660. The van der Waals surface area contributed by atoms with Crippen molar-refractivity contribution in [1.82, 2.24) is 5.32 Å². The third kappa shape index (κ3) is 15.2. The third-order valence-electron chi connectivity index (χ3n) is 5.96. The van der Waals surface area contributed by atoms with Gasteiger partial charge in [0.2, 0.25) is 11.3 Å². The van der Waals surface area contributed by atoms with E-state index in [2.05, 4.69) is 12.2 Å². The summed E-state index contributed by atoms with van der Waals surface area (Å²) in [5.41, 5.74) is 0. The van der Waals surface area contributed by atoms with E-state index in [-0.39, 0.29) is 10.4 Å². The third-order valence-corrected chi connectivity index (χ3v) is 7.56. The largest absolute Gasteiger partial charge is 0.356 e. The topological polar surface area (TPSA) is 83.5 Å². The van der Waals surface area contributed by atoms with Crippen LogP contribution in [0.15, 0.2) is 0 Å². The highest BCUT2D eigenvalue weighted by Crippen LogP contribution is 2.17. The summed E-state index contributed by atoms with van der Waals surface area (Å²) in [6.07, 6.45) is 17.0. The highest BCUT2D eigenvalue weighted by Gasteiger charge is 2.36. The van der Waals surface area contributed by atoms with Crippen LogP contribution in [0, 0.1) is 0 Å². The van der Waals surface area contributed by atoms with Gasteiger partial charge in [-0.25, -0.2) is 0 Å². The van der Waals surface area contributed by atoms with Crippen LogP contribution in [0.4, 0.5) is 0 Å². The molecule has 180 valence electrons. The van der Waals surface area contributed by atoms with Crippen molar-refractivity contribution in [2.24, 2.45) is 0 Å².